The van der Waals surface area contributed by atoms with E-state index in [1.807, 2.05) is 0 Å². The van der Waals surface area contributed by atoms with Gasteiger partial charge in [0.05, 0.1) is 0 Å². The zero-order valence-electron chi connectivity index (χ0n) is 6.68. The Balaban J connectivity index is 3.32. The van der Waals surface area contributed by atoms with Gasteiger partial charge in [0.2, 0.25) is 0 Å². The molecule has 0 aromatic carbocycles. The van der Waals surface area contributed by atoms with Gasteiger partial charge in [-0.15, -0.1) is 0 Å². The van der Waals surface area contributed by atoms with E-state index in [0.29, 0.717) is 5.25 Å². The van der Waals surface area contributed by atoms with Gasteiger partial charge in [0.15, 0.2) is 0 Å². The molecule has 0 bridgehead atoms. The SMILES string of the molecule is CCCC(C)C([S])CC. The van der Waals surface area contributed by atoms with Crippen molar-refractivity contribution in [3.8, 4) is 0 Å². The molecule has 0 rings (SSSR count). The molecule has 0 saturated carbocycles. The average Bonchev–Trinajstić information content (AvgIpc) is 1.87. The molecular weight excluding hydrogens is 128 g/mol. The largest absolute Gasteiger partial charge is 0.0902 e. The van der Waals surface area contributed by atoms with Crippen LogP contribution < -0.4 is 0 Å². The quantitative estimate of drug-likeness (QED) is 0.569. The van der Waals surface area contributed by atoms with Gasteiger partial charge in [0.25, 0.3) is 0 Å². The molecule has 0 saturated heterocycles. The second kappa shape index (κ2) is 5.16. The van der Waals surface area contributed by atoms with Crippen LogP contribution in [0.25, 0.3) is 0 Å². The molecule has 0 aromatic heterocycles. The van der Waals surface area contributed by atoms with E-state index in [0.717, 1.165) is 12.3 Å². The lowest BCUT2D eigenvalue weighted by Crippen LogP contribution is -2.09. The first-order valence-corrected chi connectivity index (χ1v) is 4.35. The second-order valence-corrected chi connectivity index (χ2v) is 3.32. The molecule has 0 amide bonds. The van der Waals surface area contributed by atoms with Crippen LogP contribution in [0.1, 0.15) is 40.0 Å². The molecule has 0 nitrogen and oxygen atoms in total. The Kier molecular flexibility index (Phi) is 5.36. The molecule has 0 aromatic rings. The fraction of sp³-hybridized carbons (Fsp3) is 1.00. The third-order valence-corrected chi connectivity index (χ3v) is 2.58. The standard InChI is InChI=1S/C8H17S/c1-4-6-7(3)8(9)5-2/h7-8H,4-6H2,1-3H3. The van der Waals surface area contributed by atoms with Crippen LogP contribution in [-0.2, 0) is 0 Å². The summed E-state index contributed by atoms with van der Waals surface area (Å²) in [6.07, 6.45) is 3.72. The van der Waals surface area contributed by atoms with Gasteiger partial charge in [-0.25, -0.2) is 0 Å². The lowest BCUT2D eigenvalue weighted by atomic mass is 10.0. The highest BCUT2D eigenvalue weighted by molar-refractivity contribution is 7.81. The predicted molar refractivity (Wildman–Crippen MR) is 45.7 cm³/mol. The molecule has 1 heteroatoms. The third kappa shape index (κ3) is 3.85. The first-order chi connectivity index (χ1) is 4.22. The number of rotatable bonds is 4. The highest BCUT2D eigenvalue weighted by Crippen LogP contribution is 2.17. The van der Waals surface area contributed by atoms with Crippen molar-refractivity contribution in [1.82, 2.24) is 0 Å². The minimum atomic E-state index is 0.505. The Hall–Kier alpha value is 0.350. The smallest absolute Gasteiger partial charge is 0.0174 e. The van der Waals surface area contributed by atoms with Crippen LogP contribution in [-0.4, -0.2) is 5.25 Å². The normalized spacial score (nSPS) is 17.3. The van der Waals surface area contributed by atoms with Crippen LogP contribution in [0.4, 0.5) is 0 Å². The third-order valence-electron chi connectivity index (χ3n) is 1.78. The fourth-order valence-electron chi connectivity index (χ4n) is 1.04. The molecule has 9 heavy (non-hydrogen) atoms. The maximum absolute atomic E-state index is 5.23. The van der Waals surface area contributed by atoms with Gasteiger partial charge in [-0.1, -0.05) is 39.8 Å². The molecule has 0 aliphatic carbocycles. The molecule has 0 fully saturated rings. The van der Waals surface area contributed by atoms with Crippen LogP contribution in [0.2, 0.25) is 0 Å². The summed E-state index contributed by atoms with van der Waals surface area (Å²) in [6, 6.07) is 0. The van der Waals surface area contributed by atoms with E-state index in [9.17, 15) is 0 Å². The Morgan fingerprint density at radius 1 is 1.33 bits per heavy atom. The Morgan fingerprint density at radius 2 is 1.89 bits per heavy atom. The topological polar surface area (TPSA) is 0 Å². The fourth-order valence-corrected chi connectivity index (χ4v) is 1.18. The van der Waals surface area contributed by atoms with Gasteiger partial charge in [-0.3, -0.25) is 0 Å². The Labute approximate surface area is 64.4 Å². The van der Waals surface area contributed by atoms with Crippen molar-refractivity contribution < 1.29 is 0 Å². The Morgan fingerprint density at radius 3 is 2.22 bits per heavy atom. The number of hydrogen-bond donors (Lipinski definition) is 0. The summed E-state index contributed by atoms with van der Waals surface area (Å²) in [6.45, 7) is 6.64. The van der Waals surface area contributed by atoms with Gasteiger partial charge in [-0.2, -0.15) is 0 Å². The molecule has 2 unspecified atom stereocenters. The van der Waals surface area contributed by atoms with Gasteiger partial charge < -0.3 is 0 Å². The van der Waals surface area contributed by atoms with E-state index in [1.54, 1.807) is 0 Å². The lowest BCUT2D eigenvalue weighted by Gasteiger charge is -2.14. The maximum atomic E-state index is 5.23. The van der Waals surface area contributed by atoms with Crippen molar-refractivity contribution in [2.45, 2.75) is 45.3 Å². The summed E-state index contributed by atoms with van der Waals surface area (Å²) >= 11 is 5.23. The highest BCUT2D eigenvalue weighted by atomic mass is 32.1. The van der Waals surface area contributed by atoms with Crippen molar-refractivity contribution in [3.63, 3.8) is 0 Å². The molecule has 0 heterocycles. The molecule has 2 atom stereocenters. The molecule has 0 N–H and O–H groups in total. The van der Waals surface area contributed by atoms with E-state index in [2.05, 4.69) is 20.8 Å². The van der Waals surface area contributed by atoms with E-state index >= 15 is 0 Å². The lowest BCUT2D eigenvalue weighted by molar-refractivity contribution is 0.496. The summed E-state index contributed by atoms with van der Waals surface area (Å²) in [7, 11) is 0. The van der Waals surface area contributed by atoms with Crippen molar-refractivity contribution in [2.24, 2.45) is 5.92 Å². The summed E-state index contributed by atoms with van der Waals surface area (Å²) in [5.74, 6) is 0.745. The first-order valence-electron chi connectivity index (χ1n) is 3.88. The monoisotopic (exact) mass is 145 g/mol. The van der Waals surface area contributed by atoms with Crippen molar-refractivity contribution in [1.29, 1.82) is 0 Å². The summed E-state index contributed by atoms with van der Waals surface area (Å²) < 4.78 is 0. The molecular formula is C8H17S. The van der Waals surface area contributed by atoms with E-state index in [4.69, 9.17) is 12.6 Å². The minimum Gasteiger partial charge on any atom is -0.0902 e. The molecule has 1 radical (unpaired) electrons. The van der Waals surface area contributed by atoms with Crippen LogP contribution >= 0.6 is 12.6 Å². The zero-order valence-corrected chi connectivity index (χ0v) is 7.50. The van der Waals surface area contributed by atoms with E-state index < -0.39 is 0 Å². The summed E-state index contributed by atoms with van der Waals surface area (Å²) in [5, 5.41) is 0.505. The van der Waals surface area contributed by atoms with Crippen LogP contribution in [0.15, 0.2) is 0 Å². The van der Waals surface area contributed by atoms with E-state index in [-0.39, 0.29) is 0 Å². The highest BCUT2D eigenvalue weighted by Gasteiger charge is 2.09. The van der Waals surface area contributed by atoms with Crippen molar-refractivity contribution in [2.75, 3.05) is 0 Å². The average molecular weight is 145 g/mol. The molecule has 0 spiro atoms. The van der Waals surface area contributed by atoms with Crippen LogP contribution in [0.5, 0.6) is 0 Å². The van der Waals surface area contributed by atoms with Crippen LogP contribution in [0, 0.1) is 5.92 Å². The van der Waals surface area contributed by atoms with Crippen LogP contribution in [0.3, 0.4) is 0 Å². The molecule has 55 valence electrons. The second-order valence-electron chi connectivity index (χ2n) is 2.71. The van der Waals surface area contributed by atoms with E-state index in [1.165, 1.54) is 12.8 Å². The maximum Gasteiger partial charge on any atom is 0.0174 e. The minimum absolute atomic E-state index is 0.505. The van der Waals surface area contributed by atoms with Crippen molar-refractivity contribution >= 4 is 12.6 Å². The zero-order chi connectivity index (χ0) is 7.28. The van der Waals surface area contributed by atoms with Gasteiger partial charge in [0, 0.05) is 5.25 Å². The summed E-state index contributed by atoms with van der Waals surface area (Å²) in [5.41, 5.74) is 0. The molecule has 0 aliphatic rings. The predicted octanol–water partition coefficient (Wildman–Crippen LogP) is 3.40. The van der Waals surface area contributed by atoms with Gasteiger partial charge >= 0.3 is 0 Å². The van der Waals surface area contributed by atoms with Crippen molar-refractivity contribution in [3.05, 3.63) is 0 Å². The Bertz CT molecular complexity index is 61.6. The first kappa shape index (κ1) is 9.35. The van der Waals surface area contributed by atoms with Gasteiger partial charge in [0.1, 0.15) is 0 Å². The summed E-state index contributed by atoms with van der Waals surface area (Å²) in [4.78, 5) is 0. The number of hydrogen-bond acceptors (Lipinski definition) is 0. The molecule has 0 aliphatic heterocycles. The van der Waals surface area contributed by atoms with Gasteiger partial charge in [-0.05, 0) is 18.8 Å².